The predicted molar refractivity (Wildman–Crippen MR) is 86.9 cm³/mol. The highest BCUT2D eigenvalue weighted by molar-refractivity contribution is 5.97. The molecule has 0 spiro atoms. The molecule has 0 bridgehead atoms. The van der Waals surface area contributed by atoms with Crippen molar-refractivity contribution in [3.8, 4) is 0 Å². The molecule has 1 unspecified atom stereocenters. The lowest BCUT2D eigenvalue weighted by atomic mass is 9.99. The van der Waals surface area contributed by atoms with Crippen LogP contribution in [0.1, 0.15) is 42.5 Å². The second-order valence-electron chi connectivity index (χ2n) is 6.75. The van der Waals surface area contributed by atoms with Crippen molar-refractivity contribution in [3.05, 3.63) is 35.9 Å². The number of piperidine rings is 1. The average molecular weight is 316 g/mol. The topological polar surface area (TPSA) is 69.6 Å². The molecule has 1 aromatic rings. The molecular formula is C18H24N2O3. The summed E-state index contributed by atoms with van der Waals surface area (Å²) < 4.78 is 0. The molecule has 1 atom stereocenters. The Morgan fingerprint density at radius 1 is 1.22 bits per heavy atom. The van der Waals surface area contributed by atoms with Crippen molar-refractivity contribution in [2.75, 3.05) is 19.7 Å². The van der Waals surface area contributed by atoms with E-state index < -0.39 is 6.04 Å². The lowest BCUT2D eigenvalue weighted by Crippen LogP contribution is -2.52. The Morgan fingerprint density at radius 3 is 2.61 bits per heavy atom. The maximum Gasteiger partial charge on any atom is 0.254 e. The number of amides is 2. The molecule has 124 valence electrons. The van der Waals surface area contributed by atoms with Gasteiger partial charge in [-0.15, -0.1) is 0 Å². The Kier molecular flexibility index (Phi) is 4.66. The van der Waals surface area contributed by atoms with E-state index in [0.29, 0.717) is 25.1 Å². The van der Waals surface area contributed by atoms with Gasteiger partial charge in [-0.2, -0.15) is 0 Å². The Morgan fingerprint density at radius 2 is 1.96 bits per heavy atom. The fraction of sp³-hybridized carbons (Fsp3) is 0.556. The highest BCUT2D eigenvalue weighted by atomic mass is 16.3. The number of hydrogen-bond donors (Lipinski definition) is 2. The van der Waals surface area contributed by atoms with E-state index in [-0.39, 0.29) is 23.8 Å². The third-order valence-corrected chi connectivity index (χ3v) is 5.02. The molecule has 1 aliphatic heterocycles. The molecule has 2 N–H and O–H groups in total. The van der Waals surface area contributed by atoms with E-state index in [4.69, 9.17) is 0 Å². The summed E-state index contributed by atoms with van der Waals surface area (Å²) in [5, 5.41) is 12.3. The molecule has 5 heteroatoms. The van der Waals surface area contributed by atoms with Gasteiger partial charge in [-0.3, -0.25) is 9.59 Å². The van der Waals surface area contributed by atoms with E-state index in [0.717, 1.165) is 25.7 Å². The van der Waals surface area contributed by atoms with E-state index in [1.54, 1.807) is 17.0 Å². The maximum atomic E-state index is 12.7. The Balaban J connectivity index is 1.66. The number of nitrogens with one attached hydrogen (secondary N) is 1. The normalized spacial score (nSPS) is 22.5. The third kappa shape index (κ3) is 3.55. The van der Waals surface area contributed by atoms with Crippen molar-refractivity contribution >= 4 is 11.8 Å². The zero-order valence-corrected chi connectivity index (χ0v) is 13.3. The largest absolute Gasteiger partial charge is 0.396 e. The van der Waals surface area contributed by atoms with Gasteiger partial charge in [-0.05, 0) is 44.2 Å². The van der Waals surface area contributed by atoms with Gasteiger partial charge in [0.25, 0.3) is 5.91 Å². The monoisotopic (exact) mass is 316 g/mol. The molecule has 1 saturated carbocycles. The highest BCUT2D eigenvalue weighted by Crippen LogP contribution is 2.44. The van der Waals surface area contributed by atoms with Crippen LogP contribution < -0.4 is 5.32 Å². The molecule has 2 aliphatic rings. The summed E-state index contributed by atoms with van der Waals surface area (Å²) in [7, 11) is 0. The molecule has 1 saturated heterocycles. The zero-order valence-electron chi connectivity index (χ0n) is 13.3. The molecule has 3 rings (SSSR count). The molecule has 5 nitrogen and oxygen atoms in total. The van der Waals surface area contributed by atoms with Crippen molar-refractivity contribution in [3.63, 3.8) is 0 Å². The van der Waals surface area contributed by atoms with Crippen molar-refractivity contribution in [2.45, 2.75) is 38.1 Å². The molecule has 2 amide bonds. The number of benzene rings is 1. The molecule has 1 heterocycles. The van der Waals surface area contributed by atoms with Crippen LogP contribution in [0.5, 0.6) is 0 Å². The quantitative estimate of drug-likeness (QED) is 0.866. The number of carbonyl (C=O) groups is 2. The van der Waals surface area contributed by atoms with Gasteiger partial charge < -0.3 is 15.3 Å². The number of rotatable bonds is 5. The van der Waals surface area contributed by atoms with Crippen LogP contribution in [-0.4, -0.2) is 47.6 Å². The number of hydrogen-bond acceptors (Lipinski definition) is 3. The summed E-state index contributed by atoms with van der Waals surface area (Å²) in [6.07, 6.45) is 4.52. The number of aliphatic hydroxyl groups excluding tert-OH is 1. The summed E-state index contributed by atoms with van der Waals surface area (Å²) in [4.78, 5) is 26.9. The summed E-state index contributed by atoms with van der Waals surface area (Å²) in [5.74, 6) is -0.164. The molecule has 0 radical (unpaired) electrons. The molecule has 1 aromatic carbocycles. The van der Waals surface area contributed by atoms with E-state index in [2.05, 4.69) is 5.32 Å². The summed E-state index contributed by atoms with van der Waals surface area (Å²) in [5.41, 5.74) is 0.514. The van der Waals surface area contributed by atoms with E-state index in [1.807, 2.05) is 18.2 Å². The minimum Gasteiger partial charge on any atom is -0.396 e. The van der Waals surface area contributed by atoms with Gasteiger partial charge in [0.05, 0.1) is 6.61 Å². The molecule has 2 fully saturated rings. The Bertz CT molecular complexity index is 569. The first-order valence-corrected chi connectivity index (χ1v) is 8.40. The van der Waals surface area contributed by atoms with Gasteiger partial charge in [0.1, 0.15) is 6.04 Å². The zero-order chi connectivity index (χ0) is 16.3. The Labute approximate surface area is 136 Å². The lowest BCUT2D eigenvalue weighted by molar-refractivity contribution is -0.127. The average Bonchev–Trinajstić information content (AvgIpc) is 3.40. The lowest BCUT2D eigenvalue weighted by Gasteiger charge is -2.35. The Hall–Kier alpha value is -1.88. The number of carbonyl (C=O) groups excluding carboxylic acids is 2. The van der Waals surface area contributed by atoms with Gasteiger partial charge in [-0.25, -0.2) is 0 Å². The first kappa shape index (κ1) is 16.0. The number of nitrogens with zero attached hydrogens (tertiary/aromatic N) is 1. The molecule has 23 heavy (non-hydrogen) atoms. The van der Waals surface area contributed by atoms with Gasteiger partial charge in [0.2, 0.25) is 5.91 Å². The number of likely N-dealkylation sites (tertiary alicyclic amines) is 1. The minimum absolute atomic E-state index is 0.0752. The van der Waals surface area contributed by atoms with E-state index in [1.165, 1.54) is 0 Å². The van der Waals surface area contributed by atoms with Gasteiger partial charge in [0.15, 0.2) is 0 Å². The van der Waals surface area contributed by atoms with E-state index >= 15 is 0 Å². The van der Waals surface area contributed by atoms with Crippen LogP contribution in [0.25, 0.3) is 0 Å². The van der Waals surface area contributed by atoms with Crippen molar-refractivity contribution in [1.82, 2.24) is 10.2 Å². The second kappa shape index (κ2) is 6.71. The van der Waals surface area contributed by atoms with Gasteiger partial charge in [0, 0.05) is 24.1 Å². The van der Waals surface area contributed by atoms with Crippen LogP contribution in [0.2, 0.25) is 0 Å². The fourth-order valence-corrected chi connectivity index (χ4v) is 3.15. The van der Waals surface area contributed by atoms with Crippen molar-refractivity contribution in [2.24, 2.45) is 5.41 Å². The first-order chi connectivity index (χ1) is 11.2. The van der Waals surface area contributed by atoms with Crippen LogP contribution in [0.4, 0.5) is 0 Å². The van der Waals surface area contributed by atoms with Crippen LogP contribution >= 0.6 is 0 Å². The standard InChI is InChI=1S/C18H24N2O3/c21-13-18(9-10-18)12-19-16(22)15-8-4-5-11-20(15)17(23)14-6-2-1-3-7-14/h1-3,6-7,15,21H,4-5,8-13H2,(H,19,22). The van der Waals surface area contributed by atoms with Crippen LogP contribution in [0.3, 0.4) is 0 Å². The third-order valence-electron chi connectivity index (χ3n) is 5.02. The van der Waals surface area contributed by atoms with Gasteiger partial charge in [-0.1, -0.05) is 18.2 Å². The van der Waals surface area contributed by atoms with Crippen LogP contribution in [0, 0.1) is 5.41 Å². The molecular weight excluding hydrogens is 292 g/mol. The fourth-order valence-electron chi connectivity index (χ4n) is 3.15. The minimum atomic E-state index is -0.397. The maximum absolute atomic E-state index is 12.7. The molecule has 0 aromatic heterocycles. The smallest absolute Gasteiger partial charge is 0.254 e. The van der Waals surface area contributed by atoms with Crippen LogP contribution in [0.15, 0.2) is 30.3 Å². The summed E-state index contributed by atoms with van der Waals surface area (Å²) in [6.45, 7) is 1.24. The van der Waals surface area contributed by atoms with E-state index in [9.17, 15) is 14.7 Å². The van der Waals surface area contributed by atoms with Crippen molar-refractivity contribution < 1.29 is 14.7 Å². The second-order valence-corrected chi connectivity index (χ2v) is 6.75. The van der Waals surface area contributed by atoms with Gasteiger partial charge >= 0.3 is 0 Å². The first-order valence-electron chi connectivity index (χ1n) is 8.40. The summed E-state index contributed by atoms with van der Waals surface area (Å²) >= 11 is 0. The predicted octanol–water partition coefficient (Wildman–Crippen LogP) is 1.57. The van der Waals surface area contributed by atoms with Crippen molar-refractivity contribution in [1.29, 1.82) is 0 Å². The number of aliphatic hydroxyl groups is 1. The van der Waals surface area contributed by atoms with Crippen LogP contribution in [-0.2, 0) is 4.79 Å². The highest BCUT2D eigenvalue weighted by Gasteiger charge is 2.43. The molecule has 1 aliphatic carbocycles. The summed E-state index contributed by atoms with van der Waals surface area (Å²) in [6, 6.07) is 8.73. The SMILES string of the molecule is O=C(NCC1(CO)CC1)C1CCCCN1C(=O)c1ccccc1.